The summed E-state index contributed by atoms with van der Waals surface area (Å²) >= 11 is 5.56. The number of hydrogen-bond donors (Lipinski definition) is 1. The molecule has 1 heterocycles. The van der Waals surface area contributed by atoms with Crippen molar-refractivity contribution < 1.29 is 31.2 Å². The molecule has 0 aliphatic carbocycles. The summed E-state index contributed by atoms with van der Waals surface area (Å²) in [6, 6.07) is 1.70. The van der Waals surface area contributed by atoms with Gasteiger partial charge in [0.05, 0.1) is 15.5 Å². The van der Waals surface area contributed by atoms with Crippen molar-refractivity contribution in [2.75, 3.05) is 26.2 Å². The number of sulfonamides is 1. The van der Waals surface area contributed by atoms with Crippen molar-refractivity contribution in [3.63, 3.8) is 0 Å². The highest BCUT2D eigenvalue weighted by molar-refractivity contribution is 7.89. The minimum Gasteiger partial charge on any atom is -0.344 e. The van der Waals surface area contributed by atoms with Crippen LogP contribution in [-0.2, 0) is 25.8 Å². The van der Waals surface area contributed by atoms with Crippen LogP contribution in [0.4, 0.5) is 13.2 Å². The van der Waals surface area contributed by atoms with Gasteiger partial charge in [-0.3, -0.25) is 9.59 Å². The molecule has 2 rings (SSSR count). The fraction of sp³-hybridized carbons (Fsp3) is 0.556. The summed E-state index contributed by atoms with van der Waals surface area (Å²) in [5, 5.41) is 2.00. The maximum absolute atomic E-state index is 13.1. The average Bonchev–Trinajstić information content (AvgIpc) is 2.64. The minimum atomic E-state index is -4.79. The third-order valence-electron chi connectivity index (χ3n) is 4.72. The molecule has 168 valence electrons. The van der Waals surface area contributed by atoms with E-state index in [-0.39, 0.29) is 43.9 Å². The Morgan fingerprint density at radius 2 is 1.70 bits per heavy atom. The summed E-state index contributed by atoms with van der Waals surface area (Å²) in [7, 11) is -4.20. The second kappa shape index (κ2) is 9.11. The van der Waals surface area contributed by atoms with Crippen molar-refractivity contribution in [3.05, 3.63) is 28.8 Å². The van der Waals surface area contributed by atoms with Crippen LogP contribution in [0.25, 0.3) is 0 Å². The van der Waals surface area contributed by atoms with Gasteiger partial charge in [-0.05, 0) is 24.1 Å². The number of piperazine rings is 1. The number of rotatable bonds is 5. The van der Waals surface area contributed by atoms with Gasteiger partial charge in [-0.25, -0.2) is 8.42 Å². The van der Waals surface area contributed by atoms with E-state index in [1.165, 1.54) is 11.8 Å². The zero-order chi connectivity index (χ0) is 22.9. The fourth-order valence-corrected chi connectivity index (χ4v) is 4.78. The van der Waals surface area contributed by atoms with Gasteiger partial charge < -0.3 is 10.2 Å². The predicted molar refractivity (Wildman–Crippen MR) is 104 cm³/mol. The summed E-state index contributed by atoms with van der Waals surface area (Å²) < 4.78 is 65.8. The van der Waals surface area contributed by atoms with E-state index in [1.807, 2.05) is 0 Å². The largest absolute Gasteiger partial charge is 0.417 e. The van der Waals surface area contributed by atoms with Gasteiger partial charge in [-0.15, -0.1) is 0 Å². The molecule has 0 bridgehead atoms. The molecule has 1 aromatic carbocycles. The van der Waals surface area contributed by atoms with Crippen molar-refractivity contribution >= 4 is 33.4 Å². The molecule has 1 atom stereocenters. The molecule has 1 aliphatic rings. The van der Waals surface area contributed by atoms with Crippen LogP contribution in [0, 0.1) is 5.92 Å². The molecule has 0 spiro atoms. The quantitative estimate of drug-likeness (QED) is 0.717. The third kappa shape index (κ3) is 5.44. The van der Waals surface area contributed by atoms with E-state index >= 15 is 0 Å². The number of benzene rings is 1. The van der Waals surface area contributed by atoms with Crippen molar-refractivity contribution in [1.82, 2.24) is 14.5 Å². The number of hydrogen-bond acceptors (Lipinski definition) is 4. The number of amides is 2. The lowest BCUT2D eigenvalue weighted by Gasteiger charge is -2.36. The summed E-state index contributed by atoms with van der Waals surface area (Å²) in [6.45, 7) is 4.80. The van der Waals surface area contributed by atoms with Gasteiger partial charge in [0.2, 0.25) is 21.8 Å². The Morgan fingerprint density at radius 3 is 2.17 bits per heavy atom. The Morgan fingerprint density at radius 1 is 1.13 bits per heavy atom. The van der Waals surface area contributed by atoms with Crippen LogP contribution in [0.5, 0.6) is 0 Å². The number of carbonyl (C=O) groups excluding carboxylic acids is 2. The van der Waals surface area contributed by atoms with E-state index in [4.69, 9.17) is 11.6 Å². The van der Waals surface area contributed by atoms with Crippen LogP contribution in [0.15, 0.2) is 23.1 Å². The number of alkyl halides is 3. The molecule has 30 heavy (non-hydrogen) atoms. The van der Waals surface area contributed by atoms with E-state index in [1.54, 1.807) is 13.8 Å². The summed E-state index contributed by atoms with van der Waals surface area (Å²) in [6.07, 6.45) is -4.79. The number of carbonyl (C=O) groups is 2. The van der Waals surface area contributed by atoms with Gasteiger partial charge in [0, 0.05) is 33.1 Å². The monoisotopic (exact) mass is 469 g/mol. The molecule has 1 unspecified atom stereocenters. The fourth-order valence-electron chi connectivity index (χ4n) is 3.11. The first-order chi connectivity index (χ1) is 13.7. The SMILES string of the molecule is CC(=O)NC(C(=O)N1CCN(S(=O)(=O)c2ccc(Cl)c(C(F)(F)F)c2)CC1)C(C)C. The van der Waals surface area contributed by atoms with Gasteiger partial charge >= 0.3 is 6.18 Å². The van der Waals surface area contributed by atoms with Crippen molar-refractivity contribution in [2.45, 2.75) is 37.9 Å². The number of nitrogens with zero attached hydrogens (tertiary/aromatic N) is 2. The van der Waals surface area contributed by atoms with E-state index in [0.29, 0.717) is 6.07 Å². The minimum absolute atomic E-state index is 0.0561. The first-order valence-corrected chi connectivity index (χ1v) is 11.0. The standard InChI is InChI=1S/C18H23ClF3N3O4S/c1-11(2)16(23-12(3)26)17(27)24-6-8-25(9-7-24)30(28,29)13-4-5-15(19)14(10-13)18(20,21)22/h4-5,10-11,16H,6-9H2,1-3H3,(H,23,26). The predicted octanol–water partition coefficient (Wildman–Crippen LogP) is 2.35. The maximum atomic E-state index is 13.1. The summed E-state index contributed by atoms with van der Waals surface area (Å²) in [4.78, 5) is 25.0. The molecule has 7 nitrogen and oxygen atoms in total. The lowest BCUT2D eigenvalue weighted by molar-refractivity contribution is -0.138. The molecule has 1 N–H and O–H groups in total. The summed E-state index contributed by atoms with van der Waals surface area (Å²) in [5.74, 6) is -0.854. The third-order valence-corrected chi connectivity index (χ3v) is 6.95. The van der Waals surface area contributed by atoms with Gasteiger partial charge in [-0.1, -0.05) is 25.4 Å². The van der Waals surface area contributed by atoms with Crippen molar-refractivity contribution in [3.8, 4) is 0 Å². The highest BCUT2D eigenvalue weighted by Crippen LogP contribution is 2.36. The van der Waals surface area contributed by atoms with E-state index in [2.05, 4.69) is 5.32 Å². The van der Waals surface area contributed by atoms with E-state index in [9.17, 15) is 31.2 Å². The first kappa shape index (κ1) is 24.4. The molecule has 1 aromatic rings. The zero-order valence-corrected chi connectivity index (χ0v) is 18.2. The number of nitrogens with one attached hydrogen (secondary N) is 1. The molecule has 12 heteroatoms. The van der Waals surface area contributed by atoms with Crippen molar-refractivity contribution in [1.29, 1.82) is 0 Å². The molecule has 2 amide bonds. The van der Waals surface area contributed by atoms with E-state index < -0.39 is 37.7 Å². The van der Waals surface area contributed by atoms with Gasteiger partial charge in [0.15, 0.2) is 0 Å². The molecule has 1 saturated heterocycles. The molecule has 0 aromatic heterocycles. The van der Waals surface area contributed by atoms with Crippen LogP contribution in [0.1, 0.15) is 26.3 Å². The second-order valence-corrected chi connectivity index (χ2v) is 9.64. The average molecular weight is 470 g/mol. The number of halogens is 4. The van der Waals surface area contributed by atoms with Crippen LogP contribution >= 0.6 is 11.6 Å². The van der Waals surface area contributed by atoms with Crippen LogP contribution in [-0.4, -0.2) is 61.7 Å². The van der Waals surface area contributed by atoms with Crippen LogP contribution in [0.3, 0.4) is 0 Å². The Balaban J connectivity index is 2.16. The smallest absolute Gasteiger partial charge is 0.344 e. The first-order valence-electron chi connectivity index (χ1n) is 9.18. The Labute approximate surface area is 178 Å². The lowest BCUT2D eigenvalue weighted by atomic mass is 10.0. The molecular formula is C18H23ClF3N3O4S. The second-order valence-electron chi connectivity index (χ2n) is 7.29. The maximum Gasteiger partial charge on any atom is 0.417 e. The van der Waals surface area contributed by atoms with Crippen LogP contribution < -0.4 is 5.32 Å². The Hall–Kier alpha value is -1.85. The molecule has 1 aliphatic heterocycles. The Bertz CT molecular complexity index is 914. The van der Waals surface area contributed by atoms with Gasteiger partial charge in [0.1, 0.15) is 6.04 Å². The zero-order valence-electron chi connectivity index (χ0n) is 16.7. The molecule has 0 saturated carbocycles. The van der Waals surface area contributed by atoms with E-state index in [0.717, 1.165) is 16.4 Å². The molecule has 1 fully saturated rings. The summed E-state index contributed by atoms with van der Waals surface area (Å²) in [5.41, 5.74) is -1.23. The highest BCUT2D eigenvalue weighted by atomic mass is 35.5. The Kier molecular flexibility index (Phi) is 7.41. The molecular weight excluding hydrogens is 447 g/mol. The van der Waals surface area contributed by atoms with Crippen LogP contribution in [0.2, 0.25) is 5.02 Å². The van der Waals surface area contributed by atoms with Gasteiger partial charge in [0.25, 0.3) is 0 Å². The lowest BCUT2D eigenvalue weighted by Crippen LogP contribution is -2.56. The van der Waals surface area contributed by atoms with Gasteiger partial charge in [-0.2, -0.15) is 17.5 Å². The van der Waals surface area contributed by atoms with Crippen molar-refractivity contribution in [2.24, 2.45) is 5.92 Å². The highest BCUT2D eigenvalue weighted by Gasteiger charge is 2.37. The molecule has 0 radical (unpaired) electrons. The topological polar surface area (TPSA) is 86.8 Å². The normalized spacial score (nSPS) is 17.1.